The van der Waals surface area contributed by atoms with E-state index in [0.717, 1.165) is 13.1 Å². The molecule has 1 heterocycles. The van der Waals surface area contributed by atoms with Crippen LogP contribution in [-0.2, 0) is 10.2 Å². The molecule has 1 aromatic carbocycles. The number of rotatable bonds is 2. The summed E-state index contributed by atoms with van der Waals surface area (Å²) in [5, 5.41) is 2.95. The molecule has 0 radical (unpaired) electrons. The first kappa shape index (κ1) is 10.6. The molecule has 90 valence electrons. The summed E-state index contributed by atoms with van der Waals surface area (Å²) in [4.78, 5) is 13.3. The number of carbonyl (C=O) groups excluding carboxylic acids is 1. The van der Waals surface area contributed by atoms with Crippen LogP contribution in [0.1, 0.15) is 18.9 Å². The van der Waals surface area contributed by atoms with Crippen LogP contribution >= 0.6 is 0 Å². The molecule has 1 spiro atoms. The minimum absolute atomic E-state index is 0.0756. The minimum atomic E-state index is 0.0756. The number of para-hydroxylation sites is 1. The highest BCUT2D eigenvalue weighted by atomic mass is 16.1. The Balaban J connectivity index is 1.81. The van der Waals surface area contributed by atoms with Gasteiger partial charge in [-0.2, -0.15) is 0 Å². The second-order valence-corrected chi connectivity index (χ2v) is 5.37. The van der Waals surface area contributed by atoms with Gasteiger partial charge in [0.15, 0.2) is 0 Å². The van der Waals surface area contributed by atoms with Crippen molar-refractivity contribution in [2.45, 2.75) is 18.8 Å². The first-order chi connectivity index (χ1) is 8.13. The predicted molar refractivity (Wildman–Crippen MR) is 68.2 cm³/mol. The molecule has 1 amide bonds. The number of nitrogens with zero attached hydrogens (tertiary/aromatic N) is 1. The molecule has 3 rings (SSSR count). The van der Waals surface area contributed by atoms with Crippen LogP contribution in [0.3, 0.4) is 0 Å². The molecule has 2 unspecified atom stereocenters. The average Bonchev–Trinajstić information content (AvgIpc) is 2.92. The second kappa shape index (κ2) is 3.49. The van der Waals surface area contributed by atoms with Gasteiger partial charge in [-0.05, 0) is 24.0 Å². The summed E-state index contributed by atoms with van der Waals surface area (Å²) in [5.41, 5.74) is 3.14. The van der Waals surface area contributed by atoms with Crippen molar-refractivity contribution in [2.75, 3.05) is 25.0 Å². The Morgan fingerprint density at radius 3 is 3.06 bits per heavy atom. The largest absolute Gasteiger partial charge is 0.373 e. The molecule has 17 heavy (non-hydrogen) atoms. The number of amides is 1. The van der Waals surface area contributed by atoms with E-state index in [1.807, 2.05) is 0 Å². The maximum atomic E-state index is 11.0. The van der Waals surface area contributed by atoms with Gasteiger partial charge in [0, 0.05) is 38.2 Å². The molecule has 3 nitrogen and oxygen atoms in total. The van der Waals surface area contributed by atoms with Gasteiger partial charge in [0.05, 0.1) is 0 Å². The SMILES string of the molecule is CC(=O)NCC1CC12CN(C)c1ccccc12. The Hall–Kier alpha value is -1.51. The van der Waals surface area contributed by atoms with Gasteiger partial charge in [-0.1, -0.05) is 18.2 Å². The number of hydrogen-bond donors (Lipinski definition) is 1. The fourth-order valence-corrected chi connectivity index (χ4v) is 3.26. The molecule has 3 heteroatoms. The summed E-state index contributed by atoms with van der Waals surface area (Å²) < 4.78 is 0. The summed E-state index contributed by atoms with van der Waals surface area (Å²) in [6, 6.07) is 8.65. The lowest BCUT2D eigenvalue weighted by molar-refractivity contribution is -0.119. The number of hydrogen-bond acceptors (Lipinski definition) is 2. The zero-order valence-electron chi connectivity index (χ0n) is 10.4. The molecule has 2 aliphatic rings. The first-order valence-electron chi connectivity index (χ1n) is 6.18. The third-order valence-electron chi connectivity index (χ3n) is 4.20. The van der Waals surface area contributed by atoms with Crippen LogP contribution in [0, 0.1) is 5.92 Å². The number of carbonyl (C=O) groups is 1. The maximum Gasteiger partial charge on any atom is 0.216 e. The van der Waals surface area contributed by atoms with E-state index in [1.165, 1.54) is 17.7 Å². The van der Waals surface area contributed by atoms with E-state index in [9.17, 15) is 4.79 Å². The summed E-state index contributed by atoms with van der Waals surface area (Å²) in [5.74, 6) is 0.684. The van der Waals surface area contributed by atoms with E-state index in [4.69, 9.17) is 0 Å². The summed E-state index contributed by atoms with van der Waals surface area (Å²) in [6.07, 6.45) is 1.20. The highest BCUT2D eigenvalue weighted by Crippen LogP contribution is 2.60. The van der Waals surface area contributed by atoms with E-state index < -0.39 is 0 Å². The van der Waals surface area contributed by atoms with Crippen LogP contribution in [0.4, 0.5) is 5.69 Å². The van der Waals surface area contributed by atoms with E-state index in [-0.39, 0.29) is 5.91 Å². The Bertz CT molecular complexity index is 471. The normalized spacial score (nSPS) is 29.3. The predicted octanol–water partition coefficient (Wildman–Crippen LogP) is 1.53. The van der Waals surface area contributed by atoms with E-state index in [0.29, 0.717) is 11.3 Å². The van der Waals surface area contributed by atoms with Crippen LogP contribution in [0.5, 0.6) is 0 Å². The average molecular weight is 230 g/mol. The number of anilines is 1. The third kappa shape index (κ3) is 1.53. The molecular weight excluding hydrogens is 212 g/mol. The quantitative estimate of drug-likeness (QED) is 0.835. The van der Waals surface area contributed by atoms with Gasteiger partial charge in [-0.25, -0.2) is 0 Å². The van der Waals surface area contributed by atoms with Gasteiger partial charge in [0.1, 0.15) is 0 Å². The van der Waals surface area contributed by atoms with E-state index >= 15 is 0 Å². The Labute approximate surface area is 102 Å². The molecule has 1 aromatic rings. The number of likely N-dealkylation sites (N-methyl/N-ethyl adjacent to an activating group) is 1. The van der Waals surface area contributed by atoms with Gasteiger partial charge >= 0.3 is 0 Å². The van der Waals surface area contributed by atoms with Crippen molar-refractivity contribution in [3.05, 3.63) is 29.8 Å². The van der Waals surface area contributed by atoms with Crippen molar-refractivity contribution in [2.24, 2.45) is 5.92 Å². The first-order valence-corrected chi connectivity index (χ1v) is 6.18. The molecule has 0 aromatic heterocycles. The van der Waals surface area contributed by atoms with Crippen LogP contribution in [0.2, 0.25) is 0 Å². The van der Waals surface area contributed by atoms with Crippen LogP contribution in [0.25, 0.3) is 0 Å². The maximum absolute atomic E-state index is 11.0. The van der Waals surface area contributed by atoms with Crippen molar-refractivity contribution in [1.82, 2.24) is 5.32 Å². The lowest BCUT2D eigenvalue weighted by atomic mass is 9.95. The lowest BCUT2D eigenvalue weighted by Gasteiger charge is -2.13. The Morgan fingerprint density at radius 1 is 1.53 bits per heavy atom. The monoisotopic (exact) mass is 230 g/mol. The number of fused-ring (bicyclic) bond motifs is 2. The molecule has 1 aliphatic carbocycles. The smallest absolute Gasteiger partial charge is 0.216 e. The number of nitrogens with one attached hydrogen (secondary N) is 1. The summed E-state index contributed by atoms with van der Waals surface area (Å²) >= 11 is 0. The zero-order chi connectivity index (χ0) is 12.0. The summed E-state index contributed by atoms with van der Waals surface area (Å²) in [6.45, 7) is 3.50. The van der Waals surface area contributed by atoms with Crippen molar-refractivity contribution >= 4 is 11.6 Å². The minimum Gasteiger partial charge on any atom is -0.373 e. The van der Waals surface area contributed by atoms with Crippen molar-refractivity contribution in [1.29, 1.82) is 0 Å². The highest BCUT2D eigenvalue weighted by Gasteiger charge is 2.59. The molecule has 0 saturated heterocycles. The molecule has 0 bridgehead atoms. The Kier molecular flexibility index (Phi) is 2.18. The highest BCUT2D eigenvalue weighted by molar-refractivity contribution is 5.73. The van der Waals surface area contributed by atoms with Crippen molar-refractivity contribution in [3.63, 3.8) is 0 Å². The van der Waals surface area contributed by atoms with Crippen LogP contribution in [0.15, 0.2) is 24.3 Å². The molecule has 1 aliphatic heterocycles. The van der Waals surface area contributed by atoms with Gasteiger partial charge in [0.25, 0.3) is 0 Å². The van der Waals surface area contributed by atoms with Crippen molar-refractivity contribution < 1.29 is 4.79 Å². The van der Waals surface area contributed by atoms with Crippen LogP contribution < -0.4 is 10.2 Å². The molecular formula is C14H18N2O. The van der Waals surface area contributed by atoms with Crippen molar-refractivity contribution in [3.8, 4) is 0 Å². The van der Waals surface area contributed by atoms with Gasteiger partial charge in [0.2, 0.25) is 5.91 Å². The topological polar surface area (TPSA) is 32.3 Å². The molecule has 1 fully saturated rings. The fourth-order valence-electron chi connectivity index (χ4n) is 3.26. The van der Waals surface area contributed by atoms with Gasteiger partial charge < -0.3 is 10.2 Å². The zero-order valence-corrected chi connectivity index (χ0v) is 10.4. The lowest BCUT2D eigenvalue weighted by Crippen LogP contribution is -2.27. The molecule has 2 atom stereocenters. The van der Waals surface area contributed by atoms with E-state index in [1.54, 1.807) is 6.92 Å². The fraction of sp³-hybridized carbons (Fsp3) is 0.500. The van der Waals surface area contributed by atoms with Gasteiger partial charge in [-0.15, -0.1) is 0 Å². The number of benzene rings is 1. The van der Waals surface area contributed by atoms with E-state index in [2.05, 4.69) is 41.5 Å². The van der Waals surface area contributed by atoms with Crippen LogP contribution in [-0.4, -0.2) is 26.0 Å². The van der Waals surface area contributed by atoms with Gasteiger partial charge in [-0.3, -0.25) is 4.79 Å². The third-order valence-corrected chi connectivity index (χ3v) is 4.20. The second-order valence-electron chi connectivity index (χ2n) is 5.37. The Morgan fingerprint density at radius 2 is 2.29 bits per heavy atom. The molecule has 1 saturated carbocycles. The molecule has 1 N–H and O–H groups in total. The summed E-state index contributed by atoms with van der Waals surface area (Å²) in [7, 11) is 2.15. The standard InChI is InChI=1S/C14H18N2O/c1-10(17)15-8-11-7-14(11)9-16(2)13-6-4-3-5-12(13)14/h3-6,11H,7-9H2,1-2H3,(H,15,17).